The van der Waals surface area contributed by atoms with Gasteiger partial charge in [-0.1, -0.05) is 42.0 Å². The number of likely N-dealkylation sites (tertiary alicyclic amines) is 1. The van der Waals surface area contributed by atoms with Crippen molar-refractivity contribution in [3.05, 3.63) is 47.0 Å². The number of nitrogens with one attached hydrogen (secondary N) is 1. The zero-order valence-corrected chi connectivity index (χ0v) is 19.5. The summed E-state index contributed by atoms with van der Waals surface area (Å²) in [5, 5.41) is 3.33. The molecule has 0 saturated carbocycles. The summed E-state index contributed by atoms with van der Waals surface area (Å²) in [5.74, 6) is -1.65. The van der Waals surface area contributed by atoms with Crippen LogP contribution < -0.4 is 5.32 Å². The first kappa shape index (κ1) is 24.0. The molecule has 1 aliphatic heterocycles. The van der Waals surface area contributed by atoms with Crippen LogP contribution in [0, 0.1) is 11.8 Å². The van der Waals surface area contributed by atoms with Crippen molar-refractivity contribution in [3.63, 3.8) is 0 Å². The predicted molar refractivity (Wildman–Crippen MR) is 121 cm³/mol. The van der Waals surface area contributed by atoms with Crippen molar-refractivity contribution in [3.8, 4) is 0 Å². The lowest BCUT2D eigenvalue weighted by molar-refractivity contribution is -0.143. The van der Waals surface area contributed by atoms with Crippen LogP contribution in [0.25, 0.3) is 0 Å². The van der Waals surface area contributed by atoms with Gasteiger partial charge in [-0.3, -0.25) is 24.1 Å². The third-order valence-electron chi connectivity index (χ3n) is 6.04. The van der Waals surface area contributed by atoms with E-state index in [4.69, 9.17) is 11.6 Å². The highest BCUT2D eigenvalue weighted by molar-refractivity contribution is 6.31. The van der Waals surface area contributed by atoms with Gasteiger partial charge in [0.25, 0.3) is 0 Å². The van der Waals surface area contributed by atoms with E-state index in [1.165, 1.54) is 9.80 Å². The lowest BCUT2D eigenvalue weighted by atomic mass is 9.85. The van der Waals surface area contributed by atoms with E-state index in [0.29, 0.717) is 17.9 Å². The lowest BCUT2D eigenvalue weighted by Gasteiger charge is -2.30. The van der Waals surface area contributed by atoms with Crippen molar-refractivity contribution in [1.82, 2.24) is 15.1 Å². The van der Waals surface area contributed by atoms with Crippen LogP contribution >= 0.6 is 11.6 Å². The maximum atomic E-state index is 13.2. The minimum atomic E-state index is -0.738. The third kappa shape index (κ3) is 5.21. The van der Waals surface area contributed by atoms with E-state index in [2.05, 4.69) is 5.32 Å². The zero-order valence-electron chi connectivity index (χ0n) is 18.7. The van der Waals surface area contributed by atoms with Crippen molar-refractivity contribution < 1.29 is 19.2 Å². The summed E-state index contributed by atoms with van der Waals surface area (Å²) in [5.41, 5.74) is 0.720. The quantitative estimate of drug-likeness (QED) is 0.478. The highest BCUT2D eigenvalue weighted by Gasteiger charge is 2.47. The van der Waals surface area contributed by atoms with E-state index in [1.807, 2.05) is 32.1 Å². The van der Waals surface area contributed by atoms with E-state index < -0.39 is 6.04 Å². The Hall–Kier alpha value is -2.67. The smallest absolute Gasteiger partial charge is 0.242 e. The number of hydrogen-bond donors (Lipinski definition) is 1. The van der Waals surface area contributed by atoms with Crippen molar-refractivity contribution in [1.29, 1.82) is 0 Å². The van der Waals surface area contributed by atoms with Crippen LogP contribution in [0.3, 0.4) is 0 Å². The van der Waals surface area contributed by atoms with Gasteiger partial charge in [-0.2, -0.15) is 0 Å². The van der Waals surface area contributed by atoms with Gasteiger partial charge in [0.15, 0.2) is 0 Å². The molecule has 32 heavy (non-hydrogen) atoms. The van der Waals surface area contributed by atoms with Gasteiger partial charge in [-0.15, -0.1) is 0 Å². The molecule has 3 atom stereocenters. The number of hydrogen-bond acceptors (Lipinski definition) is 4. The number of carbonyl (C=O) groups excluding carboxylic acids is 4. The van der Waals surface area contributed by atoms with Gasteiger partial charge >= 0.3 is 0 Å². The fraction of sp³-hybridized carbons (Fsp3) is 0.500. The largest absolute Gasteiger partial charge is 0.352 e. The average Bonchev–Trinajstić information content (AvgIpc) is 3.00. The molecule has 1 aromatic carbocycles. The molecule has 0 aromatic heterocycles. The molecule has 1 fully saturated rings. The highest BCUT2D eigenvalue weighted by atomic mass is 35.5. The molecule has 7 nitrogen and oxygen atoms in total. The van der Waals surface area contributed by atoms with Gasteiger partial charge in [0.2, 0.25) is 23.6 Å². The van der Waals surface area contributed by atoms with Crippen LogP contribution in [0.1, 0.15) is 45.6 Å². The monoisotopic (exact) mass is 459 g/mol. The fourth-order valence-corrected chi connectivity index (χ4v) is 4.43. The molecule has 1 aliphatic carbocycles. The minimum Gasteiger partial charge on any atom is -0.352 e. The number of amides is 4. The topological polar surface area (TPSA) is 86.8 Å². The molecule has 0 spiro atoms. The van der Waals surface area contributed by atoms with Crippen molar-refractivity contribution >= 4 is 35.2 Å². The Morgan fingerprint density at radius 2 is 1.69 bits per heavy atom. The van der Waals surface area contributed by atoms with Gasteiger partial charge in [-0.25, -0.2) is 0 Å². The number of halogens is 1. The SMILES string of the molecule is CC(C)NC(=O)[C@@H](C)N(Cc1ccccc1Cl)C(=O)CCN1C(=O)[C@H]2CC=CC[C@H]2C1=O. The normalized spacial score (nSPS) is 21.0. The van der Waals surface area contributed by atoms with Crippen LogP contribution in [0.5, 0.6) is 0 Å². The van der Waals surface area contributed by atoms with Crippen LogP contribution in [-0.4, -0.2) is 52.1 Å². The first-order valence-electron chi connectivity index (χ1n) is 11.0. The summed E-state index contributed by atoms with van der Waals surface area (Å²) in [7, 11) is 0. The first-order chi connectivity index (χ1) is 15.2. The van der Waals surface area contributed by atoms with Crippen LogP contribution in [-0.2, 0) is 25.7 Å². The average molecular weight is 460 g/mol. The van der Waals surface area contributed by atoms with Crippen LogP contribution in [0.2, 0.25) is 5.02 Å². The van der Waals surface area contributed by atoms with Gasteiger partial charge in [0.1, 0.15) is 6.04 Å². The van der Waals surface area contributed by atoms with Gasteiger partial charge in [0.05, 0.1) is 11.8 Å². The number of rotatable bonds is 8. The van der Waals surface area contributed by atoms with Crippen molar-refractivity contribution in [2.75, 3.05) is 6.54 Å². The van der Waals surface area contributed by atoms with E-state index in [9.17, 15) is 19.2 Å². The van der Waals surface area contributed by atoms with Gasteiger partial charge in [-0.05, 0) is 45.2 Å². The lowest BCUT2D eigenvalue weighted by Crippen LogP contribution is -2.49. The molecule has 1 saturated heterocycles. The Bertz CT molecular complexity index is 904. The Morgan fingerprint density at radius 3 is 2.25 bits per heavy atom. The molecule has 0 unspecified atom stereocenters. The summed E-state index contributed by atoms with van der Waals surface area (Å²) in [6, 6.07) is 6.35. The van der Waals surface area contributed by atoms with E-state index in [1.54, 1.807) is 25.1 Å². The number of benzene rings is 1. The fourth-order valence-electron chi connectivity index (χ4n) is 4.24. The second-order valence-corrected chi connectivity index (χ2v) is 9.09. The summed E-state index contributed by atoms with van der Waals surface area (Å²) < 4.78 is 0. The molecular weight excluding hydrogens is 430 g/mol. The predicted octanol–water partition coefficient (Wildman–Crippen LogP) is 2.92. The second kappa shape index (κ2) is 10.3. The maximum Gasteiger partial charge on any atom is 0.242 e. The number of imide groups is 1. The molecule has 1 N–H and O–H groups in total. The molecule has 0 radical (unpaired) electrons. The second-order valence-electron chi connectivity index (χ2n) is 8.69. The van der Waals surface area contributed by atoms with Crippen LogP contribution in [0.15, 0.2) is 36.4 Å². The number of fused-ring (bicyclic) bond motifs is 1. The van der Waals surface area contributed by atoms with Crippen LogP contribution in [0.4, 0.5) is 0 Å². The third-order valence-corrected chi connectivity index (χ3v) is 6.41. The number of carbonyl (C=O) groups is 4. The minimum absolute atomic E-state index is 0.0149. The summed E-state index contributed by atoms with van der Waals surface area (Å²) >= 11 is 6.29. The Labute approximate surface area is 193 Å². The summed E-state index contributed by atoms with van der Waals surface area (Å²) in [6.45, 7) is 5.54. The van der Waals surface area contributed by atoms with Gasteiger partial charge < -0.3 is 10.2 Å². The standard InChI is InChI=1S/C24H30ClN3O4/c1-15(2)26-22(30)16(3)28(14-17-8-4-7-11-20(17)25)21(29)12-13-27-23(31)18-9-5-6-10-19(18)24(27)32/h4-8,11,15-16,18-19H,9-10,12-14H2,1-3H3,(H,26,30)/t16-,18-,19+/m1/s1. The Balaban J connectivity index is 1.73. The molecule has 1 aromatic rings. The van der Waals surface area contributed by atoms with Crippen molar-refractivity contribution in [2.45, 2.75) is 58.7 Å². The first-order valence-corrected chi connectivity index (χ1v) is 11.4. The molecule has 2 aliphatic rings. The number of nitrogens with zero attached hydrogens (tertiary/aromatic N) is 2. The Morgan fingerprint density at radius 1 is 1.09 bits per heavy atom. The van der Waals surface area contributed by atoms with E-state index >= 15 is 0 Å². The molecule has 1 heterocycles. The molecular formula is C24H30ClN3O4. The molecule has 8 heteroatoms. The zero-order chi connectivity index (χ0) is 23.4. The molecule has 3 rings (SSSR count). The van der Waals surface area contributed by atoms with E-state index in [0.717, 1.165) is 5.56 Å². The summed E-state index contributed by atoms with van der Waals surface area (Å²) in [4.78, 5) is 53.9. The number of allylic oxidation sites excluding steroid dienone is 2. The van der Waals surface area contributed by atoms with Crippen molar-refractivity contribution in [2.24, 2.45) is 11.8 Å². The maximum absolute atomic E-state index is 13.2. The molecule has 172 valence electrons. The van der Waals surface area contributed by atoms with E-state index in [-0.39, 0.29) is 61.0 Å². The molecule has 4 amide bonds. The molecule has 0 bridgehead atoms. The highest BCUT2D eigenvalue weighted by Crippen LogP contribution is 2.35. The van der Waals surface area contributed by atoms with Gasteiger partial charge in [0, 0.05) is 30.6 Å². The Kier molecular flexibility index (Phi) is 7.72. The summed E-state index contributed by atoms with van der Waals surface area (Å²) in [6.07, 6.45) is 4.94.